The molecule has 1 heterocycles. The van der Waals surface area contributed by atoms with Crippen LogP contribution in [0.3, 0.4) is 0 Å². The molecule has 0 bridgehead atoms. The van der Waals surface area contributed by atoms with Crippen LogP contribution in [0.4, 0.5) is 5.69 Å². The van der Waals surface area contributed by atoms with Crippen LogP contribution in [-0.2, 0) is 19.9 Å². The second kappa shape index (κ2) is 9.82. The van der Waals surface area contributed by atoms with E-state index >= 15 is 0 Å². The first-order chi connectivity index (χ1) is 16.8. The molecular weight excluding hydrogens is 450 g/mol. The van der Waals surface area contributed by atoms with Crippen molar-refractivity contribution < 1.29 is 33.7 Å². The lowest BCUT2D eigenvalue weighted by atomic mass is 9.78. The van der Waals surface area contributed by atoms with Gasteiger partial charge in [0.1, 0.15) is 5.75 Å². The third-order valence-electron chi connectivity index (χ3n) is 6.70. The molecule has 1 aliphatic heterocycles. The summed E-state index contributed by atoms with van der Waals surface area (Å²) in [6.45, 7) is 2.06. The molecule has 2 aromatic rings. The molecule has 0 radical (unpaired) electrons. The number of aromatic carboxylic acids is 1. The molecule has 8 nitrogen and oxygen atoms in total. The molecule has 2 aliphatic rings. The van der Waals surface area contributed by atoms with Crippen LogP contribution in [0.1, 0.15) is 65.3 Å². The SMILES string of the molecule is CCCC1Nc2cc(C(=O)O)ccc2C1(Oc1cccc(C(=O)OC)c1)C1=C(C(=O)OC)CCC1. The van der Waals surface area contributed by atoms with Gasteiger partial charge in [0.05, 0.1) is 31.4 Å². The Kier molecular flexibility index (Phi) is 6.82. The molecule has 8 heteroatoms. The van der Waals surface area contributed by atoms with Crippen LogP contribution in [0.5, 0.6) is 5.75 Å². The van der Waals surface area contributed by atoms with Crippen molar-refractivity contribution in [3.63, 3.8) is 0 Å². The van der Waals surface area contributed by atoms with Gasteiger partial charge in [-0.1, -0.05) is 25.5 Å². The van der Waals surface area contributed by atoms with Gasteiger partial charge in [0.2, 0.25) is 0 Å². The van der Waals surface area contributed by atoms with Gasteiger partial charge in [0.15, 0.2) is 5.60 Å². The van der Waals surface area contributed by atoms with E-state index in [1.807, 2.05) is 0 Å². The van der Waals surface area contributed by atoms with Crippen molar-refractivity contribution in [3.8, 4) is 5.75 Å². The first-order valence-corrected chi connectivity index (χ1v) is 11.7. The zero-order chi connectivity index (χ0) is 25.2. The fraction of sp³-hybridized carbons (Fsp3) is 0.370. The number of hydrogen-bond donors (Lipinski definition) is 2. The minimum atomic E-state index is -1.09. The molecule has 2 atom stereocenters. The van der Waals surface area contributed by atoms with E-state index in [9.17, 15) is 19.5 Å². The molecule has 0 saturated carbocycles. The Bertz CT molecular complexity index is 1200. The van der Waals surface area contributed by atoms with Gasteiger partial charge in [-0.3, -0.25) is 0 Å². The highest BCUT2D eigenvalue weighted by molar-refractivity contribution is 5.92. The molecule has 2 N–H and O–H groups in total. The molecule has 0 spiro atoms. The summed E-state index contributed by atoms with van der Waals surface area (Å²) in [5, 5.41) is 13.0. The fourth-order valence-corrected chi connectivity index (χ4v) is 5.21. The van der Waals surface area contributed by atoms with Crippen molar-refractivity contribution in [2.45, 2.75) is 50.7 Å². The molecule has 2 unspecified atom stereocenters. The lowest BCUT2D eigenvalue weighted by Gasteiger charge is -2.38. The summed E-state index contributed by atoms with van der Waals surface area (Å²) in [6.07, 6.45) is 3.49. The Labute approximate surface area is 203 Å². The smallest absolute Gasteiger partial charge is 0.337 e. The van der Waals surface area contributed by atoms with Crippen LogP contribution in [0.2, 0.25) is 0 Å². The zero-order valence-electron chi connectivity index (χ0n) is 20.1. The van der Waals surface area contributed by atoms with Crippen LogP contribution < -0.4 is 10.1 Å². The zero-order valence-corrected chi connectivity index (χ0v) is 20.1. The summed E-state index contributed by atoms with van der Waals surface area (Å²) in [4.78, 5) is 36.6. The topological polar surface area (TPSA) is 111 Å². The van der Waals surface area contributed by atoms with E-state index in [1.54, 1.807) is 42.5 Å². The predicted octanol–water partition coefficient (Wildman–Crippen LogP) is 4.69. The summed E-state index contributed by atoms with van der Waals surface area (Å²) < 4.78 is 16.8. The maximum absolute atomic E-state index is 12.8. The highest BCUT2D eigenvalue weighted by Crippen LogP contribution is 2.53. The fourth-order valence-electron chi connectivity index (χ4n) is 5.21. The van der Waals surface area contributed by atoms with Crippen molar-refractivity contribution in [1.29, 1.82) is 0 Å². The lowest BCUT2D eigenvalue weighted by Crippen LogP contribution is -2.46. The predicted molar refractivity (Wildman–Crippen MR) is 129 cm³/mol. The van der Waals surface area contributed by atoms with Gasteiger partial charge in [-0.2, -0.15) is 0 Å². The van der Waals surface area contributed by atoms with Gasteiger partial charge in [0, 0.05) is 16.8 Å². The van der Waals surface area contributed by atoms with Gasteiger partial charge in [-0.15, -0.1) is 0 Å². The molecule has 1 aliphatic carbocycles. The van der Waals surface area contributed by atoms with Crippen LogP contribution in [-0.4, -0.2) is 43.3 Å². The number of nitrogens with one attached hydrogen (secondary N) is 1. The van der Waals surface area contributed by atoms with Crippen molar-refractivity contribution in [2.24, 2.45) is 0 Å². The number of rotatable bonds is 8. The molecular formula is C27H29NO7. The summed E-state index contributed by atoms with van der Waals surface area (Å²) in [6, 6.07) is 11.4. The quantitative estimate of drug-likeness (QED) is 0.525. The molecule has 2 aromatic carbocycles. The largest absolute Gasteiger partial charge is 0.478 e. The third-order valence-corrected chi connectivity index (χ3v) is 6.70. The van der Waals surface area contributed by atoms with E-state index in [2.05, 4.69) is 12.2 Å². The van der Waals surface area contributed by atoms with Gasteiger partial charge in [-0.25, -0.2) is 14.4 Å². The van der Waals surface area contributed by atoms with E-state index < -0.39 is 23.5 Å². The number of esters is 2. The molecule has 35 heavy (non-hydrogen) atoms. The van der Waals surface area contributed by atoms with Crippen LogP contribution in [0.15, 0.2) is 53.6 Å². The number of fused-ring (bicyclic) bond motifs is 1. The first-order valence-electron chi connectivity index (χ1n) is 11.7. The molecule has 0 amide bonds. The Hall–Kier alpha value is -3.81. The van der Waals surface area contributed by atoms with E-state index in [1.165, 1.54) is 14.2 Å². The number of anilines is 1. The number of hydrogen-bond acceptors (Lipinski definition) is 7. The van der Waals surface area contributed by atoms with Crippen molar-refractivity contribution >= 4 is 23.6 Å². The second-order valence-electron chi connectivity index (χ2n) is 8.71. The molecule has 0 saturated heterocycles. The van der Waals surface area contributed by atoms with Gasteiger partial charge < -0.3 is 24.6 Å². The monoisotopic (exact) mass is 479 g/mol. The molecule has 0 fully saturated rings. The lowest BCUT2D eigenvalue weighted by molar-refractivity contribution is -0.136. The van der Waals surface area contributed by atoms with Gasteiger partial charge >= 0.3 is 17.9 Å². The number of carboxylic acids is 1. The van der Waals surface area contributed by atoms with Crippen molar-refractivity contribution in [1.82, 2.24) is 0 Å². The van der Waals surface area contributed by atoms with Crippen LogP contribution >= 0.6 is 0 Å². The first kappa shape index (κ1) is 24.3. The Morgan fingerprint density at radius 3 is 2.49 bits per heavy atom. The highest BCUT2D eigenvalue weighted by atomic mass is 16.5. The van der Waals surface area contributed by atoms with Gasteiger partial charge in [0.25, 0.3) is 0 Å². The standard InChI is InChI=1S/C27H29NO7/c1-4-7-23-27(20-11-6-10-19(20)26(32)34-3,21-13-12-16(24(29)30)15-22(21)28-23)35-18-9-5-8-17(14-18)25(31)33-2/h5,8-9,12-15,23,28H,4,6-7,10-11H2,1-3H3,(H,29,30). The Balaban J connectivity index is 1.96. The normalized spacial score (nSPS) is 20.7. The van der Waals surface area contributed by atoms with Gasteiger partial charge in [-0.05, 0) is 61.6 Å². The van der Waals surface area contributed by atoms with E-state index in [0.717, 1.165) is 24.0 Å². The summed E-state index contributed by atoms with van der Waals surface area (Å²) in [5.41, 5.74) is 2.21. The minimum Gasteiger partial charge on any atom is -0.478 e. The number of benzene rings is 2. The highest BCUT2D eigenvalue weighted by Gasteiger charge is 2.54. The van der Waals surface area contributed by atoms with E-state index in [0.29, 0.717) is 41.8 Å². The van der Waals surface area contributed by atoms with Crippen LogP contribution in [0.25, 0.3) is 0 Å². The summed E-state index contributed by atoms with van der Waals surface area (Å²) in [7, 11) is 2.68. The van der Waals surface area contributed by atoms with Crippen molar-refractivity contribution in [2.75, 3.05) is 19.5 Å². The number of ether oxygens (including phenoxy) is 3. The number of carbonyl (C=O) groups excluding carboxylic acids is 2. The van der Waals surface area contributed by atoms with E-state index in [-0.39, 0.29) is 11.6 Å². The average molecular weight is 480 g/mol. The molecule has 0 aromatic heterocycles. The third kappa shape index (κ3) is 4.24. The molecule has 4 rings (SSSR count). The molecule has 184 valence electrons. The average Bonchev–Trinajstić information content (AvgIpc) is 3.47. The Morgan fingerprint density at radius 1 is 1.03 bits per heavy atom. The second-order valence-corrected chi connectivity index (χ2v) is 8.71. The minimum absolute atomic E-state index is 0.156. The summed E-state index contributed by atoms with van der Waals surface area (Å²) in [5.74, 6) is -1.47. The number of carboxylic acid groups (broad SMARTS) is 1. The number of methoxy groups -OCH3 is 2. The number of carbonyl (C=O) groups is 3. The maximum atomic E-state index is 12.8. The Morgan fingerprint density at radius 2 is 1.80 bits per heavy atom. The van der Waals surface area contributed by atoms with Crippen LogP contribution in [0, 0.1) is 0 Å². The summed E-state index contributed by atoms with van der Waals surface area (Å²) >= 11 is 0. The van der Waals surface area contributed by atoms with E-state index in [4.69, 9.17) is 14.2 Å². The maximum Gasteiger partial charge on any atom is 0.337 e. The van der Waals surface area contributed by atoms with Crippen molar-refractivity contribution in [3.05, 3.63) is 70.3 Å².